The van der Waals surface area contributed by atoms with Crippen molar-refractivity contribution >= 4 is 11.6 Å². The molecular formula is C13H18N2O2. The van der Waals surface area contributed by atoms with Gasteiger partial charge >= 0.3 is 0 Å². The Morgan fingerprint density at radius 3 is 2.65 bits per heavy atom. The summed E-state index contributed by atoms with van der Waals surface area (Å²) in [5, 5.41) is 12.2. The summed E-state index contributed by atoms with van der Waals surface area (Å²) in [5.74, 6) is -0.0470. The van der Waals surface area contributed by atoms with Crippen LogP contribution in [0.4, 0.5) is 5.69 Å². The second-order valence-corrected chi connectivity index (χ2v) is 4.81. The van der Waals surface area contributed by atoms with Gasteiger partial charge in [0.2, 0.25) is 5.91 Å². The molecule has 0 spiro atoms. The number of amides is 1. The number of anilines is 1. The number of carbonyl (C=O) groups is 1. The van der Waals surface area contributed by atoms with E-state index in [2.05, 4.69) is 5.32 Å². The number of carbonyl (C=O) groups excluding carboxylic acids is 1. The lowest BCUT2D eigenvalue weighted by Gasteiger charge is -2.22. The zero-order valence-corrected chi connectivity index (χ0v) is 9.78. The summed E-state index contributed by atoms with van der Waals surface area (Å²) in [6, 6.07) is 6.70. The molecule has 1 fully saturated rings. The third-order valence-corrected chi connectivity index (χ3v) is 3.29. The molecule has 4 N–H and O–H groups in total. The normalized spacial score (nSPS) is 17.9. The molecule has 0 heterocycles. The van der Waals surface area contributed by atoms with Gasteiger partial charge in [-0.3, -0.25) is 4.79 Å². The third kappa shape index (κ3) is 2.97. The molecule has 0 radical (unpaired) electrons. The Morgan fingerprint density at radius 1 is 1.35 bits per heavy atom. The van der Waals surface area contributed by atoms with Crippen molar-refractivity contribution in [3.8, 4) is 5.75 Å². The Labute approximate surface area is 101 Å². The van der Waals surface area contributed by atoms with Gasteiger partial charge in [0.05, 0.1) is 5.69 Å². The number of nitrogens with two attached hydrogens (primary N) is 1. The van der Waals surface area contributed by atoms with Gasteiger partial charge in [0, 0.05) is 12.0 Å². The first-order chi connectivity index (χ1) is 8.09. The molecule has 1 aliphatic rings. The number of hydrogen-bond donors (Lipinski definition) is 3. The molecule has 1 aromatic rings. The van der Waals surface area contributed by atoms with E-state index in [0.29, 0.717) is 12.1 Å². The zero-order chi connectivity index (χ0) is 12.3. The minimum absolute atomic E-state index is 0.0818. The van der Waals surface area contributed by atoms with Gasteiger partial charge in [-0.15, -0.1) is 0 Å². The first-order valence-corrected chi connectivity index (χ1v) is 5.96. The molecular weight excluding hydrogens is 216 g/mol. The van der Waals surface area contributed by atoms with Gasteiger partial charge < -0.3 is 16.2 Å². The summed E-state index contributed by atoms with van der Waals surface area (Å²) in [5.41, 5.74) is 6.22. The highest BCUT2D eigenvalue weighted by Crippen LogP contribution is 2.30. The number of phenolic OH excluding ortho intramolecular Hbond substituents is 1. The smallest absolute Gasteiger partial charge is 0.226 e. The lowest BCUT2D eigenvalue weighted by molar-refractivity contribution is -0.117. The molecule has 4 nitrogen and oxygen atoms in total. The van der Waals surface area contributed by atoms with Gasteiger partial charge in [0.1, 0.15) is 5.75 Å². The molecule has 0 bridgehead atoms. The lowest BCUT2D eigenvalue weighted by Crippen LogP contribution is -2.40. The fraction of sp³-hybridized carbons (Fsp3) is 0.462. The molecule has 0 atom stereocenters. The second kappa shape index (κ2) is 4.75. The maximum atomic E-state index is 11.8. The van der Waals surface area contributed by atoms with Gasteiger partial charge in [0.15, 0.2) is 0 Å². The minimum atomic E-state index is -0.353. The monoisotopic (exact) mass is 234 g/mol. The molecule has 17 heavy (non-hydrogen) atoms. The Bertz CT molecular complexity index is 412. The van der Waals surface area contributed by atoms with Crippen LogP contribution in [0.1, 0.15) is 32.1 Å². The van der Waals surface area contributed by atoms with Crippen LogP contribution in [0.25, 0.3) is 0 Å². The van der Waals surface area contributed by atoms with Crippen molar-refractivity contribution in [3.05, 3.63) is 24.3 Å². The molecule has 1 aliphatic carbocycles. The summed E-state index contributed by atoms with van der Waals surface area (Å²) in [4.78, 5) is 11.8. The fourth-order valence-electron chi connectivity index (χ4n) is 2.35. The van der Waals surface area contributed by atoms with Crippen molar-refractivity contribution in [2.75, 3.05) is 5.32 Å². The summed E-state index contributed by atoms with van der Waals surface area (Å²) in [6.07, 6.45) is 4.32. The molecule has 1 aromatic carbocycles. The van der Waals surface area contributed by atoms with Crippen LogP contribution < -0.4 is 11.1 Å². The van der Waals surface area contributed by atoms with Gasteiger partial charge in [-0.1, -0.05) is 25.0 Å². The number of phenols is 1. The van der Waals surface area contributed by atoms with Gasteiger partial charge in [-0.2, -0.15) is 0 Å². The first kappa shape index (κ1) is 11.9. The molecule has 4 heteroatoms. The van der Waals surface area contributed by atoms with Crippen molar-refractivity contribution in [2.24, 2.45) is 5.73 Å². The standard InChI is InChI=1S/C13H18N2O2/c14-13(7-3-4-8-13)9-12(17)15-10-5-1-2-6-11(10)16/h1-2,5-6,16H,3-4,7-9,14H2,(H,15,17). The van der Waals surface area contributed by atoms with Crippen molar-refractivity contribution < 1.29 is 9.90 Å². The average molecular weight is 234 g/mol. The molecule has 2 rings (SSSR count). The molecule has 0 aromatic heterocycles. The zero-order valence-electron chi connectivity index (χ0n) is 9.78. The van der Waals surface area contributed by atoms with E-state index in [1.807, 2.05) is 0 Å². The van der Waals surface area contributed by atoms with Crippen molar-refractivity contribution in [1.29, 1.82) is 0 Å². The minimum Gasteiger partial charge on any atom is -0.506 e. The highest BCUT2D eigenvalue weighted by atomic mass is 16.3. The van der Waals surface area contributed by atoms with Crippen LogP contribution in [0.5, 0.6) is 5.75 Å². The van der Waals surface area contributed by atoms with Crippen molar-refractivity contribution in [2.45, 2.75) is 37.6 Å². The van der Waals surface area contributed by atoms with Crippen LogP contribution in [-0.2, 0) is 4.79 Å². The summed E-state index contributed by atoms with van der Waals surface area (Å²) >= 11 is 0. The fourth-order valence-corrected chi connectivity index (χ4v) is 2.35. The lowest BCUT2D eigenvalue weighted by atomic mass is 9.94. The highest BCUT2D eigenvalue weighted by Gasteiger charge is 2.31. The summed E-state index contributed by atoms with van der Waals surface area (Å²) in [7, 11) is 0. The first-order valence-electron chi connectivity index (χ1n) is 5.96. The van der Waals surface area contributed by atoms with E-state index in [0.717, 1.165) is 25.7 Å². The van der Waals surface area contributed by atoms with Crippen molar-refractivity contribution in [1.82, 2.24) is 0 Å². The van der Waals surface area contributed by atoms with Crippen LogP contribution in [0.2, 0.25) is 0 Å². The quantitative estimate of drug-likeness (QED) is 0.700. The molecule has 92 valence electrons. The van der Waals surface area contributed by atoms with E-state index in [4.69, 9.17) is 5.73 Å². The van der Waals surface area contributed by atoms with E-state index >= 15 is 0 Å². The topological polar surface area (TPSA) is 75.4 Å². The number of nitrogens with one attached hydrogen (secondary N) is 1. The van der Waals surface area contributed by atoms with Crippen LogP contribution in [0.3, 0.4) is 0 Å². The van der Waals surface area contributed by atoms with Gasteiger partial charge in [-0.05, 0) is 25.0 Å². The average Bonchev–Trinajstić information content (AvgIpc) is 2.68. The summed E-state index contributed by atoms with van der Waals surface area (Å²) < 4.78 is 0. The summed E-state index contributed by atoms with van der Waals surface area (Å²) in [6.45, 7) is 0. The highest BCUT2D eigenvalue weighted by molar-refractivity contribution is 5.92. The Kier molecular flexibility index (Phi) is 3.33. The second-order valence-electron chi connectivity index (χ2n) is 4.81. The van der Waals surface area contributed by atoms with Crippen LogP contribution >= 0.6 is 0 Å². The van der Waals surface area contributed by atoms with E-state index in [-0.39, 0.29) is 17.2 Å². The van der Waals surface area contributed by atoms with Gasteiger partial charge in [-0.25, -0.2) is 0 Å². The van der Waals surface area contributed by atoms with Gasteiger partial charge in [0.25, 0.3) is 0 Å². The molecule has 1 amide bonds. The predicted molar refractivity (Wildman–Crippen MR) is 66.7 cm³/mol. The molecule has 0 saturated heterocycles. The third-order valence-electron chi connectivity index (χ3n) is 3.29. The Morgan fingerprint density at radius 2 is 2.00 bits per heavy atom. The molecule has 1 saturated carbocycles. The largest absolute Gasteiger partial charge is 0.506 e. The van der Waals surface area contributed by atoms with E-state index in [9.17, 15) is 9.90 Å². The van der Waals surface area contributed by atoms with Crippen LogP contribution in [0, 0.1) is 0 Å². The maximum Gasteiger partial charge on any atom is 0.226 e. The number of hydrogen-bond acceptors (Lipinski definition) is 3. The Balaban J connectivity index is 1.96. The van der Waals surface area contributed by atoms with E-state index in [1.165, 1.54) is 0 Å². The Hall–Kier alpha value is -1.55. The predicted octanol–water partition coefficient (Wildman–Crippen LogP) is 1.99. The van der Waals surface area contributed by atoms with E-state index in [1.54, 1.807) is 24.3 Å². The molecule has 0 aliphatic heterocycles. The number of para-hydroxylation sites is 2. The number of benzene rings is 1. The SMILES string of the molecule is NC1(CC(=O)Nc2ccccc2O)CCCC1. The number of aromatic hydroxyl groups is 1. The van der Waals surface area contributed by atoms with Crippen molar-refractivity contribution in [3.63, 3.8) is 0 Å². The van der Waals surface area contributed by atoms with Crippen LogP contribution in [0.15, 0.2) is 24.3 Å². The van der Waals surface area contributed by atoms with Crippen LogP contribution in [-0.4, -0.2) is 16.6 Å². The molecule has 0 unspecified atom stereocenters. The number of rotatable bonds is 3. The van der Waals surface area contributed by atoms with E-state index < -0.39 is 0 Å². The maximum absolute atomic E-state index is 11.8.